The third-order valence-corrected chi connectivity index (χ3v) is 4.25. The Bertz CT molecular complexity index is 604. The zero-order valence-electron chi connectivity index (χ0n) is 13.5. The van der Waals surface area contributed by atoms with E-state index in [-0.39, 0.29) is 30.6 Å². The molecule has 2 atom stereocenters. The van der Waals surface area contributed by atoms with Gasteiger partial charge in [0, 0.05) is 32.3 Å². The largest absolute Gasteiger partial charge is 0.382 e. The minimum absolute atomic E-state index is 0.0284. The summed E-state index contributed by atoms with van der Waals surface area (Å²) in [5, 5.41) is 0. The van der Waals surface area contributed by atoms with E-state index in [1.807, 2.05) is 31.2 Å². The van der Waals surface area contributed by atoms with Gasteiger partial charge in [-0.25, -0.2) is 0 Å². The quantitative estimate of drug-likeness (QED) is 0.828. The van der Waals surface area contributed by atoms with E-state index < -0.39 is 0 Å². The number of nitrogens with zero attached hydrogens (tertiary/aromatic N) is 2. The monoisotopic (exact) mass is 318 g/mol. The van der Waals surface area contributed by atoms with Gasteiger partial charge in [-0.05, 0) is 18.6 Å². The van der Waals surface area contributed by atoms with Gasteiger partial charge < -0.3 is 19.3 Å². The van der Waals surface area contributed by atoms with Crippen LogP contribution in [0.25, 0.3) is 0 Å². The maximum Gasteiger partial charge on any atom is 0.254 e. The van der Waals surface area contributed by atoms with Crippen molar-refractivity contribution in [3.63, 3.8) is 0 Å². The van der Waals surface area contributed by atoms with Gasteiger partial charge in [-0.3, -0.25) is 9.59 Å². The summed E-state index contributed by atoms with van der Waals surface area (Å²) in [5.41, 5.74) is 1.69. The highest BCUT2D eigenvalue weighted by atomic mass is 16.5. The Balaban J connectivity index is 1.62. The van der Waals surface area contributed by atoms with Crippen LogP contribution in [0.1, 0.15) is 22.8 Å². The molecule has 0 radical (unpaired) electrons. The summed E-state index contributed by atoms with van der Waals surface area (Å²) in [6.07, 6.45) is -0.140. The molecule has 23 heavy (non-hydrogen) atoms. The van der Waals surface area contributed by atoms with Gasteiger partial charge in [0.2, 0.25) is 5.91 Å². The van der Waals surface area contributed by atoms with Gasteiger partial charge in [-0.1, -0.05) is 18.2 Å². The van der Waals surface area contributed by atoms with Crippen LogP contribution in [0.5, 0.6) is 0 Å². The zero-order valence-corrected chi connectivity index (χ0v) is 13.5. The molecule has 0 saturated carbocycles. The maximum absolute atomic E-state index is 12.6. The molecule has 2 unspecified atom stereocenters. The molecule has 0 bridgehead atoms. The van der Waals surface area contributed by atoms with Crippen molar-refractivity contribution in [3.8, 4) is 0 Å². The third-order valence-electron chi connectivity index (χ3n) is 4.25. The summed E-state index contributed by atoms with van der Waals surface area (Å²) in [4.78, 5) is 28.3. The highest BCUT2D eigenvalue weighted by Crippen LogP contribution is 2.22. The van der Waals surface area contributed by atoms with E-state index in [9.17, 15) is 9.59 Å². The number of carbonyl (C=O) groups excluding carboxylic acids is 2. The van der Waals surface area contributed by atoms with Crippen LogP contribution in [0.2, 0.25) is 0 Å². The molecule has 6 nitrogen and oxygen atoms in total. The molecule has 1 aromatic carbocycles. The van der Waals surface area contributed by atoms with Crippen LogP contribution in [0.3, 0.4) is 0 Å². The Morgan fingerprint density at radius 1 is 1.35 bits per heavy atom. The van der Waals surface area contributed by atoms with Gasteiger partial charge in [0.25, 0.3) is 5.91 Å². The average molecular weight is 318 g/mol. The number of fused-ring (bicyclic) bond motifs is 1. The number of morpholine rings is 1. The molecular formula is C17H22N2O4. The summed E-state index contributed by atoms with van der Waals surface area (Å²) in [6.45, 7) is 4.07. The van der Waals surface area contributed by atoms with E-state index in [0.29, 0.717) is 31.8 Å². The Hall–Kier alpha value is -1.92. The standard InChI is InChI=1S/C17H22N2O4/c1-12-7-18(9-14(23-12)11-22-2)16(20)10-19-8-13-5-3-4-6-15(13)17(19)21/h3-6,12,14H,7-11H2,1-2H3. The van der Waals surface area contributed by atoms with Crippen LogP contribution in [0, 0.1) is 0 Å². The molecule has 0 N–H and O–H groups in total. The van der Waals surface area contributed by atoms with Crippen LogP contribution < -0.4 is 0 Å². The fourth-order valence-corrected chi connectivity index (χ4v) is 3.23. The van der Waals surface area contributed by atoms with Gasteiger partial charge in [-0.15, -0.1) is 0 Å². The highest BCUT2D eigenvalue weighted by Gasteiger charge is 2.32. The number of hydrogen-bond acceptors (Lipinski definition) is 4. The van der Waals surface area contributed by atoms with Crippen LogP contribution in [0.15, 0.2) is 24.3 Å². The number of rotatable bonds is 4. The van der Waals surface area contributed by atoms with Crippen LogP contribution in [-0.4, -0.2) is 67.2 Å². The maximum atomic E-state index is 12.6. The topological polar surface area (TPSA) is 59.1 Å². The second-order valence-corrected chi connectivity index (χ2v) is 6.14. The minimum atomic E-state index is -0.112. The SMILES string of the molecule is COCC1CN(C(=O)CN2Cc3ccccc3C2=O)CC(C)O1. The lowest BCUT2D eigenvalue weighted by molar-refractivity contribution is -0.148. The Morgan fingerprint density at radius 3 is 2.87 bits per heavy atom. The van der Waals surface area contributed by atoms with Gasteiger partial charge >= 0.3 is 0 Å². The summed E-state index contributed by atoms with van der Waals surface area (Å²) >= 11 is 0. The molecule has 6 heteroatoms. The zero-order chi connectivity index (χ0) is 16.4. The number of carbonyl (C=O) groups is 2. The number of benzene rings is 1. The molecule has 2 aliphatic heterocycles. The predicted molar refractivity (Wildman–Crippen MR) is 84.0 cm³/mol. The predicted octanol–water partition coefficient (Wildman–Crippen LogP) is 0.905. The molecule has 2 aliphatic rings. The first-order valence-corrected chi connectivity index (χ1v) is 7.88. The third kappa shape index (κ3) is 3.38. The van der Waals surface area contributed by atoms with Crippen LogP contribution in [-0.2, 0) is 20.8 Å². The molecule has 0 aromatic heterocycles. The van der Waals surface area contributed by atoms with E-state index in [4.69, 9.17) is 9.47 Å². The van der Waals surface area contributed by atoms with Crippen molar-refractivity contribution < 1.29 is 19.1 Å². The molecule has 2 amide bonds. The number of ether oxygens (including phenoxy) is 2. The molecule has 1 aromatic rings. The number of amides is 2. The van der Waals surface area contributed by atoms with Crippen molar-refractivity contribution in [1.82, 2.24) is 9.80 Å². The second kappa shape index (κ2) is 6.68. The lowest BCUT2D eigenvalue weighted by atomic mass is 10.1. The molecule has 0 spiro atoms. The van der Waals surface area contributed by atoms with Crippen molar-refractivity contribution in [2.75, 3.05) is 33.4 Å². The van der Waals surface area contributed by atoms with E-state index in [1.165, 1.54) is 0 Å². The molecule has 3 rings (SSSR count). The number of methoxy groups -OCH3 is 1. The fraction of sp³-hybridized carbons (Fsp3) is 0.529. The molecule has 1 saturated heterocycles. The Kier molecular flexibility index (Phi) is 4.63. The van der Waals surface area contributed by atoms with Gasteiger partial charge in [0.1, 0.15) is 6.54 Å². The normalized spacial score (nSPS) is 24.0. The Labute approximate surface area is 136 Å². The average Bonchev–Trinajstić information content (AvgIpc) is 2.84. The van der Waals surface area contributed by atoms with E-state index in [1.54, 1.807) is 16.9 Å². The first-order valence-electron chi connectivity index (χ1n) is 7.88. The molecule has 2 heterocycles. The lowest BCUT2D eigenvalue weighted by Gasteiger charge is -2.37. The van der Waals surface area contributed by atoms with E-state index in [2.05, 4.69) is 0 Å². The van der Waals surface area contributed by atoms with Gasteiger partial charge in [0.15, 0.2) is 0 Å². The smallest absolute Gasteiger partial charge is 0.254 e. The summed E-state index contributed by atoms with van der Waals surface area (Å²) < 4.78 is 10.9. The fourth-order valence-electron chi connectivity index (χ4n) is 3.23. The minimum Gasteiger partial charge on any atom is -0.382 e. The lowest BCUT2D eigenvalue weighted by Crippen LogP contribution is -2.52. The Morgan fingerprint density at radius 2 is 2.13 bits per heavy atom. The number of hydrogen-bond donors (Lipinski definition) is 0. The van der Waals surface area contributed by atoms with Crippen LogP contribution >= 0.6 is 0 Å². The van der Waals surface area contributed by atoms with Crippen LogP contribution in [0.4, 0.5) is 0 Å². The molecule has 0 aliphatic carbocycles. The van der Waals surface area contributed by atoms with Gasteiger partial charge in [0.05, 0.1) is 18.8 Å². The van der Waals surface area contributed by atoms with Crippen molar-refractivity contribution >= 4 is 11.8 Å². The first-order chi connectivity index (χ1) is 11.1. The van der Waals surface area contributed by atoms with Crippen molar-refractivity contribution in [3.05, 3.63) is 35.4 Å². The molecular weight excluding hydrogens is 296 g/mol. The van der Waals surface area contributed by atoms with E-state index in [0.717, 1.165) is 5.56 Å². The first kappa shape index (κ1) is 16.0. The highest BCUT2D eigenvalue weighted by molar-refractivity contribution is 6.00. The summed E-state index contributed by atoms with van der Waals surface area (Å²) in [7, 11) is 1.62. The molecule has 1 fully saturated rings. The van der Waals surface area contributed by atoms with Gasteiger partial charge in [-0.2, -0.15) is 0 Å². The molecule has 124 valence electrons. The summed E-state index contributed by atoms with van der Waals surface area (Å²) in [6, 6.07) is 7.51. The van der Waals surface area contributed by atoms with Crippen molar-refractivity contribution in [2.45, 2.75) is 25.7 Å². The second-order valence-electron chi connectivity index (χ2n) is 6.14. The van der Waals surface area contributed by atoms with E-state index >= 15 is 0 Å². The van der Waals surface area contributed by atoms with Crippen molar-refractivity contribution in [2.24, 2.45) is 0 Å². The van der Waals surface area contributed by atoms with Crippen molar-refractivity contribution in [1.29, 1.82) is 0 Å². The summed E-state index contributed by atoms with van der Waals surface area (Å²) in [5.74, 6) is -0.105.